The van der Waals surface area contributed by atoms with Crippen LogP contribution in [0, 0.1) is 0 Å². The number of nitrogens with one attached hydrogen (secondary N) is 1. The molecule has 110 valence electrons. The first-order valence-corrected chi connectivity index (χ1v) is 8.82. The number of aryl methyl sites for hydroxylation is 1. The largest absolute Gasteiger partial charge is 0.391 e. The summed E-state index contributed by atoms with van der Waals surface area (Å²) in [5.74, 6) is 0.546. The van der Waals surface area contributed by atoms with Gasteiger partial charge in [-0.05, 0) is 28.9 Å². The maximum absolute atomic E-state index is 12.2. The van der Waals surface area contributed by atoms with Gasteiger partial charge in [-0.15, -0.1) is 21.5 Å². The van der Waals surface area contributed by atoms with Crippen LogP contribution in [0.4, 0.5) is 0 Å². The lowest BCUT2D eigenvalue weighted by atomic mass is 10.5. The first kappa shape index (κ1) is 15.6. The summed E-state index contributed by atoms with van der Waals surface area (Å²) in [6, 6.07) is 1.45. The van der Waals surface area contributed by atoms with Gasteiger partial charge in [0.2, 0.25) is 10.0 Å². The number of aliphatic hydroxyl groups is 1. The summed E-state index contributed by atoms with van der Waals surface area (Å²) in [5.41, 5.74) is 0. The predicted octanol–water partition coefficient (Wildman–Crippen LogP) is 1.09. The van der Waals surface area contributed by atoms with Crippen molar-refractivity contribution in [2.75, 3.05) is 0 Å². The third kappa shape index (κ3) is 3.26. The average Bonchev–Trinajstić information content (AvgIpc) is 3.02. The van der Waals surface area contributed by atoms with Crippen LogP contribution in [0.3, 0.4) is 0 Å². The summed E-state index contributed by atoms with van der Waals surface area (Å²) >= 11 is 4.38. The van der Waals surface area contributed by atoms with Gasteiger partial charge in [0.15, 0.2) is 0 Å². The van der Waals surface area contributed by atoms with Gasteiger partial charge in [0.05, 0.1) is 16.9 Å². The van der Waals surface area contributed by atoms with Gasteiger partial charge < -0.3 is 9.67 Å². The van der Waals surface area contributed by atoms with Gasteiger partial charge in [0, 0.05) is 11.4 Å². The maximum Gasteiger partial charge on any atom is 0.242 e. The van der Waals surface area contributed by atoms with Gasteiger partial charge in [0.25, 0.3) is 0 Å². The number of nitrogens with zero attached hydrogens (tertiary/aromatic N) is 3. The smallest absolute Gasteiger partial charge is 0.242 e. The Morgan fingerprint density at radius 3 is 2.90 bits per heavy atom. The van der Waals surface area contributed by atoms with Crippen molar-refractivity contribution >= 4 is 37.3 Å². The monoisotopic (exact) mass is 380 g/mol. The number of aliphatic hydroxyl groups excluding tert-OH is 1. The first-order chi connectivity index (χ1) is 9.47. The Labute approximate surface area is 128 Å². The molecule has 0 saturated heterocycles. The van der Waals surface area contributed by atoms with E-state index >= 15 is 0 Å². The summed E-state index contributed by atoms with van der Waals surface area (Å²) in [7, 11) is -3.66. The highest BCUT2D eigenvalue weighted by atomic mass is 79.9. The van der Waals surface area contributed by atoms with Crippen molar-refractivity contribution in [1.29, 1.82) is 0 Å². The van der Waals surface area contributed by atoms with Crippen molar-refractivity contribution in [3.63, 3.8) is 0 Å². The number of hydrogen-bond acceptors (Lipinski definition) is 6. The second-order valence-corrected chi connectivity index (χ2v) is 8.06. The Kier molecular flexibility index (Phi) is 4.91. The standard InChI is InChI=1S/C10H13BrN4O3S2/c1-2-15-6-12-14-9(15)4-13-20(17,18)8-3-7(5-16)19-10(8)11/h3,6,13,16H,2,4-5H2,1H3. The molecule has 2 aromatic heterocycles. The Hall–Kier alpha value is -0.810. The molecule has 10 heteroatoms. The zero-order chi connectivity index (χ0) is 14.8. The average molecular weight is 381 g/mol. The van der Waals surface area contributed by atoms with Gasteiger partial charge >= 0.3 is 0 Å². The quantitative estimate of drug-likeness (QED) is 0.781. The molecule has 0 aliphatic carbocycles. The number of sulfonamides is 1. The van der Waals surface area contributed by atoms with Crippen molar-refractivity contribution in [1.82, 2.24) is 19.5 Å². The second kappa shape index (κ2) is 6.31. The molecule has 7 nitrogen and oxygen atoms in total. The zero-order valence-corrected chi connectivity index (χ0v) is 13.8. The van der Waals surface area contributed by atoms with Gasteiger partial charge in [-0.3, -0.25) is 0 Å². The number of halogens is 1. The van der Waals surface area contributed by atoms with Gasteiger partial charge in [0.1, 0.15) is 17.0 Å². The summed E-state index contributed by atoms with van der Waals surface area (Å²) in [6.45, 7) is 2.46. The van der Waals surface area contributed by atoms with Crippen LogP contribution in [-0.4, -0.2) is 28.3 Å². The van der Waals surface area contributed by atoms with E-state index in [1.807, 2.05) is 6.92 Å². The lowest BCUT2D eigenvalue weighted by Gasteiger charge is -2.06. The Morgan fingerprint density at radius 1 is 1.55 bits per heavy atom. The van der Waals surface area contributed by atoms with E-state index in [0.717, 1.165) is 0 Å². The van der Waals surface area contributed by atoms with Crippen LogP contribution in [0.25, 0.3) is 0 Å². The van der Waals surface area contributed by atoms with Crippen molar-refractivity contribution in [3.05, 3.63) is 26.9 Å². The van der Waals surface area contributed by atoms with Crippen molar-refractivity contribution in [2.24, 2.45) is 0 Å². The maximum atomic E-state index is 12.2. The van der Waals surface area contributed by atoms with Crippen molar-refractivity contribution in [3.8, 4) is 0 Å². The van der Waals surface area contributed by atoms with Gasteiger partial charge in [-0.2, -0.15) is 0 Å². The minimum Gasteiger partial charge on any atom is -0.391 e. The van der Waals surface area contributed by atoms with Crippen LogP contribution in [0.5, 0.6) is 0 Å². The molecule has 0 aromatic carbocycles. The molecule has 0 aliphatic heterocycles. The Bertz CT molecular complexity index is 695. The highest BCUT2D eigenvalue weighted by Crippen LogP contribution is 2.31. The topological polar surface area (TPSA) is 97.1 Å². The molecular weight excluding hydrogens is 368 g/mol. The molecule has 0 spiro atoms. The molecule has 2 rings (SSSR count). The van der Waals surface area contributed by atoms with E-state index in [2.05, 4.69) is 30.8 Å². The van der Waals surface area contributed by atoms with E-state index in [9.17, 15) is 8.42 Å². The summed E-state index contributed by atoms with van der Waals surface area (Å²) in [5, 5.41) is 16.6. The molecule has 0 amide bonds. The molecule has 0 bridgehead atoms. The molecule has 0 unspecified atom stereocenters. The lowest BCUT2D eigenvalue weighted by molar-refractivity contribution is 0.285. The number of hydrogen-bond donors (Lipinski definition) is 2. The summed E-state index contributed by atoms with van der Waals surface area (Å²) in [6.07, 6.45) is 1.55. The molecule has 0 fully saturated rings. The third-order valence-corrected chi connectivity index (χ3v) is 6.25. The van der Waals surface area contributed by atoms with Gasteiger partial charge in [-0.1, -0.05) is 0 Å². The van der Waals surface area contributed by atoms with Crippen LogP contribution in [0.15, 0.2) is 21.1 Å². The SMILES string of the molecule is CCn1cnnc1CNS(=O)(=O)c1cc(CO)sc1Br. The number of thiophene rings is 1. The molecule has 0 atom stereocenters. The van der Waals surface area contributed by atoms with E-state index in [4.69, 9.17) is 5.11 Å². The van der Waals surface area contributed by atoms with E-state index in [1.54, 1.807) is 10.9 Å². The lowest BCUT2D eigenvalue weighted by Crippen LogP contribution is -2.25. The Balaban J connectivity index is 2.17. The first-order valence-electron chi connectivity index (χ1n) is 5.73. The molecule has 2 aromatic rings. The molecule has 0 aliphatic rings. The number of rotatable bonds is 6. The van der Waals surface area contributed by atoms with E-state index < -0.39 is 10.0 Å². The molecular formula is C10H13BrN4O3S2. The predicted molar refractivity (Wildman–Crippen MR) is 77.7 cm³/mol. The fraction of sp³-hybridized carbons (Fsp3) is 0.400. The molecule has 2 heterocycles. The molecule has 2 N–H and O–H groups in total. The van der Waals surface area contributed by atoms with E-state index in [0.29, 0.717) is 21.0 Å². The van der Waals surface area contributed by atoms with Crippen molar-refractivity contribution in [2.45, 2.75) is 31.5 Å². The molecule has 20 heavy (non-hydrogen) atoms. The van der Waals surface area contributed by atoms with Gasteiger partial charge in [-0.25, -0.2) is 13.1 Å². The molecule has 0 radical (unpaired) electrons. The van der Waals surface area contributed by atoms with Crippen LogP contribution in [0.2, 0.25) is 0 Å². The number of aromatic nitrogens is 3. The van der Waals surface area contributed by atoms with Crippen LogP contribution < -0.4 is 4.72 Å². The Morgan fingerprint density at radius 2 is 2.30 bits per heavy atom. The normalized spacial score (nSPS) is 11.9. The minimum absolute atomic E-state index is 0.0624. The van der Waals surface area contributed by atoms with Crippen LogP contribution in [0.1, 0.15) is 17.6 Å². The fourth-order valence-corrected chi connectivity index (χ4v) is 5.10. The van der Waals surface area contributed by atoms with Crippen LogP contribution >= 0.6 is 27.3 Å². The summed E-state index contributed by atoms with van der Waals surface area (Å²) in [4.78, 5) is 0.697. The highest BCUT2D eigenvalue weighted by molar-refractivity contribution is 9.11. The molecule has 0 saturated carbocycles. The highest BCUT2D eigenvalue weighted by Gasteiger charge is 2.21. The van der Waals surface area contributed by atoms with E-state index in [1.165, 1.54) is 17.4 Å². The zero-order valence-electron chi connectivity index (χ0n) is 10.6. The second-order valence-electron chi connectivity index (χ2n) is 3.87. The van der Waals surface area contributed by atoms with Crippen molar-refractivity contribution < 1.29 is 13.5 Å². The summed E-state index contributed by atoms with van der Waals surface area (Å²) < 4.78 is 29.1. The minimum atomic E-state index is -3.66. The fourth-order valence-electron chi connectivity index (χ4n) is 1.58. The van der Waals surface area contributed by atoms with Crippen LogP contribution in [-0.2, 0) is 29.7 Å². The third-order valence-electron chi connectivity index (χ3n) is 2.61. The van der Waals surface area contributed by atoms with E-state index in [-0.39, 0.29) is 18.0 Å².